The van der Waals surface area contributed by atoms with E-state index in [9.17, 15) is 0 Å². The van der Waals surface area contributed by atoms with Crippen LogP contribution in [0.1, 0.15) is 39.5 Å². The molecule has 2 nitrogen and oxygen atoms in total. The molecule has 1 aliphatic heterocycles. The average molecular weight is 156 g/mol. The Labute approximate surface area is 69.8 Å². The van der Waals surface area contributed by atoms with Crippen LogP contribution in [0.25, 0.3) is 0 Å². The molecule has 2 N–H and O–H groups in total. The second-order valence-corrected chi connectivity index (χ2v) is 3.44. The Morgan fingerprint density at radius 1 is 1.00 bits per heavy atom. The van der Waals surface area contributed by atoms with E-state index in [-0.39, 0.29) is 0 Å². The van der Waals surface area contributed by atoms with Gasteiger partial charge in [-0.25, -0.2) is 0 Å². The van der Waals surface area contributed by atoms with Crippen LogP contribution in [-0.4, -0.2) is 18.8 Å². The maximum Gasteiger partial charge on any atom is 0.0687 e. The van der Waals surface area contributed by atoms with E-state index in [1.807, 2.05) is 0 Å². The molecule has 0 atom stereocenters. The van der Waals surface area contributed by atoms with Crippen LogP contribution in [0.15, 0.2) is 0 Å². The summed E-state index contributed by atoms with van der Waals surface area (Å²) in [6.45, 7) is 6.78. The number of nitrogens with one attached hydrogen (secondary N) is 2. The first-order valence-corrected chi connectivity index (χ1v) is 4.83. The molecule has 1 heterocycles. The summed E-state index contributed by atoms with van der Waals surface area (Å²) in [5.74, 6) is 0. The summed E-state index contributed by atoms with van der Waals surface area (Å²) in [4.78, 5) is 0. The van der Waals surface area contributed by atoms with Crippen molar-refractivity contribution in [3.8, 4) is 0 Å². The predicted molar refractivity (Wildman–Crippen MR) is 48.6 cm³/mol. The molecule has 0 aromatic rings. The lowest BCUT2D eigenvalue weighted by molar-refractivity contribution is 0.281. The molecule has 1 aliphatic rings. The van der Waals surface area contributed by atoms with Gasteiger partial charge < -0.3 is 0 Å². The molecule has 11 heavy (non-hydrogen) atoms. The first-order chi connectivity index (χ1) is 5.33. The van der Waals surface area contributed by atoms with Crippen LogP contribution in [0, 0.1) is 0 Å². The zero-order chi connectivity index (χ0) is 8.16. The number of hydrogen-bond acceptors (Lipinski definition) is 2. The van der Waals surface area contributed by atoms with E-state index in [1.165, 1.54) is 25.7 Å². The quantitative estimate of drug-likeness (QED) is 0.644. The smallest absolute Gasteiger partial charge is 0.0687 e. The normalized spacial score (nSPS) is 22.4. The molecule has 0 unspecified atom stereocenters. The van der Waals surface area contributed by atoms with Crippen molar-refractivity contribution in [3.05, 3.63) is 0 Å². The fourth-order valence-electron chi connectivity index (χ4n) is 2.00. The van der Waals surface area contributed by atoms with Crippen LogP contribution < -0.4 is 10.6 Å². The molecule has 0 bridgehead atoms. The second-order valence-electron chi connectivity index (χ2n) is 3.44. The molecular weight excluding hydrogens is 136 g/mol. The molecule has 66 valence electrons. The topological polar surface area (TPSA) is 24.1 Å². The minimum Gasteiger partial charge on any atom is -0.298 e. The van der Waals surface area contributed by atoms with E-state index >= 15 is 0 Å². The minimum atomic E-state index is 0.295. The summed E-state index contributed by atoms with van der Waals surface area (Å²) < 4.78 is 0. The lowest BCUT2D eigenvalue weighted by atomic mass is 10.00. The van der Waals surface area contributed by atoms with Gasteiger partial charge in [0.05, 0.1) is 5.66 Å². The molecule has 0 amide bonds. The summed E-state index contributed by atoms with van der Waals surface area (Å²) in [6.07, 6.45) is 5.06. The first-order valence-electron chi connectivity index (χ1n) is 4.83. The summed E-state index contributed by atoms with van der Waals surface area (Å²) in [6, 6.07) is 0. The van der Waals surface area contributed by atoms with Crippen molar-refractivity contribution in [2.75, 3.05) is 13.1 Å². The van der Waals surface area contributed by atoms with E-state index in [2.05, 4.69) is 24.5 Å². The van der Waals surface area contributed by atoms with Gasteiger partial charge in [-0.05, 0) is 12.8 Å². The SMILES string of the molecule is CCCC1(CCC)NCCN1. The predicted octanol–water partition coefficient (Wildman–Crippen LogP) is 1.48. The van der Waals surface area contributed by atoms with Gasteiger partial charge in [-0.15, -0.1) is 0 Å². The Hall–Kier alpha value is -0.0800. The Balaban J connectivity index is 2.40. The molecule has 0 aromatic carbocycles. The van der Waals surface area contributed by atoms with E-state index in [0.29, 0.717) is 5.66 Å². The molecule has 0 spiro atoms. The Kier molecular flexibility index (Phi) is 3.34. The van der Waals surface area contributed by atoms with Crippen molar-refractivity contribution in [1.29, 1.82) is 0 Å². The average Bonchev–Trinajstić information content (AvgIpc) is 2.39. The van der Waals surface area contributed by atoms with Crippen LogP contribution >= 0.6 is 0 Å². The van der Waals surface area contributed by atoms with Crippen LogP contribution in [0.5, 0.6) is 0 Å². The fraction of sp³-hybridized carbons (Fsp3) is 1.00. The van der Waals surface area contributed by atoms with E-state index in [4.69, 9.17) is 0 Å². The molecule has 1 saturated heterocycles. The Morgan fingerprint density at radius 2 is 1.45 bits per heavy atom. The maximum absolute atomic E-state index is 3.56. The number of rotatable bonds is 4. The van der Waals surface area contributed by atoms with Crippen molar-refractivity contribution < 1.29 is 0 Å². The van der Waals surface area contributed by atoms with E-state index in [1.54, 1.807) is 0 Å². The van der Waals surface area contributed by atoms with E-state index in [0.717, 1.165) is 13.1 Å². The van der Waals surface area contributed by atoms with Gasteiger partial charge in [-0.1, -0.05) is 26.7 Å². The molecular formula is C9H20N2. The second kappa shape index (κ2) is 4.07. The van der Waals surface area contributed by atoms with Gasteiger partial charge >= 0.3 is 0 Å². The van der Waals surface area contributed by atoms with Gasteiger partial charge in [0.1, 0.15) is 0 Å². The Bertz CT molecular complexity index is 98.1. The van der Waals surface area contributed by atoms with Crippen molar-refractivity contribution >= 4 is 0 Å². The first kappa shape index (κ1) is 9.01. The highest BCUT2D eigenvalue weighted by Crippen LogP contribution is 2.18. The van der Waals surface area contributed by atoms with Crippen molar-refractivity contribution in [2.24, 2.45) is 0 Å². The molecule has 0 aromatic heterocycles. The zero-order valence-corrected chi connectivity index (χ0v) is 7.74. The molecule has 0 saturated carbocycles. The monoisotopic (exact) mass is 156 g/mol. The largest absolute Gasteiger partial charge is 0.298 e. The van der Waals surface area contributed by atoms with Crippen LogP contribution in [0.3, 0.4) is 0 Å². The van der Waals surface area contributed by atoms with Crippen LogP contribution in [-0.2, 0) is 0 Å². The third-order valence-corrected chi connectivity index (χ3v) is 2.41. The van der Waals surface area contributed by atoms with Crippen LogP contribution in [0.2, 0.25) is 0 Å². The molecule has 2 heteroatoms. The van der Waals surface area contributed by atoms with Gasteiger partial charge in [0.15, 0.2) is 0 Å². The van der Waals surface area contributed by atoms with Gasteiger partial charge in [-0.2, -0.15) is 0 Å². The Morgan fingerprint density at radius 3 is 1.82 bits per heavy atom. The summed E-state index contributed by atoms with van der Waals surface area (Å²) in [5, 5.41) is 7.12. The third kappa shape index (κ3) is 2.17. The maximum atomic E-state index is 3.56. The summed E-state index contributed by atoms with van der Waals surface area (Å²) in [5.41, 5.74) is 0.295. The highest BCUT2D eigenvalue weighted by Gasteiger charge is 2.30. The lowest BCUT2D eigenvalue weighted by Gasteiger charge is -2.29. The van der Waals surface area contributed by atoms with Crippen molar-refractivity contribution in [3.63, 3.8) is 0 Å². The summed E-state index contributed by atoms with van der Waals surface area (Å²) >= 11 is 0. The van der Waals surface area contributed by atoms with E-state index < -0.39 is 0 Å². The van der Waals surface area contributed by atoms with Gasteiger partial charge in [-0.3, -0.25) is 10.6 Å². The standard InChI is InChI=1S/C9H20N2/c1-3-5-9(6-4-2)10-7-8-11-9/h10-11H,3-8H2,1-2H3. The highest BCUT2D eigenvalue weighted by atomic mass is 15.2. The van der Waals surface area contributed by atoms with Crippen molar-refractivity contribution in [1.82, 2.24) is 10.6 Å². The molecule has 0 aliphatic carbocycles. The fourth-order valence-corrected chi connectivity index (χ4v) is 2.00. The third-order valence-electron chi connectivity index (χ3n) is 2.41. The number of hydrogen-bond donors (Lipinski definition) is 2. The highest BCUT2D eigenvalue weighted by molar-refractivity contribution is 4.89. The van der Waals surface area contributed by atoms with Gasteiger partial charge in [0.25, 0.3) is 0 Å². The van der Waals surface area contributed by atoms with Crippen molar-refractivity contribution in [2.45, 2.75) is 45.2 Å². The zero-order valence-electron chi connectivity index (χ0n) is 7.74. The molecule has 1 rings (SSSR count). The van der Waals surface area contributed by atoms with Gasteiger partial charge in [0, 0.05) is 13.1 Å². The summed E-state index contributed by atoms with van der Waals surface area (Å²) in [7, 11) is 0. The van der Waals surface area contributed by atoms with Crippen LogP contribution in [0.4, 0.5) is 0 Å². The lowest BCUT2D eigenvalue weighted by Crippen LogP contribution is -2.48. The molecule has 0 radical (unpaired) electrons. The molecule has 1 fully saturated rings. The van der Waals surface area contributed by atoms with Gasteiger partial charge in [0.2, 0.25) is 0 Å². The minimum absolute atomic E-state index is 0.295.